The van der Waals surface area contributed by atoms with Gasteiger partial charge in [-0.3, -0.25) is 0 Å². The molecule has 128 valence electrons. The van der Waals surface area contributed by atoms with E-state index in [0.717, 1.165) is 30.2 Å². The minimum absolute atomic E-state index is 0.700. The Morgan fingerprint density at radius 2 is 1.83 bits per heavy atom. The molecule has 0 heterocycles. The van der Waals surface area contributed by atoms with Gasteiger partial charge in [-0.2, -0.15) is 11.8 Å². The average molecular weight is 359 g/mol. The molecule has 2 rings (SSSR count). The predicted octanol–water partition coefficient (Wildman–Crippen LogP) is 5.22. The number of hydrogen-bond donors (Lipinski definition) is 2. The fraction of sp³-hybridized carbons (Fsp3) is 0.350. The largest absolute Gasteiger partial charge is 0.362 e. The van der Waals surface area contributed by atoms with Crippen LogP contribution >= 0.6 is 24.0 Å². The molecule has 0 saturated heterocycles. The van der Waals surface area contributed by atoms with Crippen molar-refractivity contribution >= 4 is 34.8 Å². The molecular formula is C20H26N2S2. The molecule has 0 aliphatic rings. The normalized spacial score (nSPS) is 10.5. The van der Waals surface area contributed by atoms with Gasteiger partial charge < -0.3 is 10.6 Å². The molecule has 0 bridgehead atoms. The summed E-state index contributed by atoms with van der Waals surface area (Å²) in [6.07, 6.45) is 1.10. The summed E-state index contributed by atoms with van der Waals surface area (Å²) in [7, 11) is 0. The van der Waals surface area contributed by atoms with Crippen molar-refractivity contribution in [1.82, 2.24) is 5.32 Å². The zero-order chi connectivity index (χ0) is 17.4. The smallest absolute Gasteiger partial charge is 0.170 e. The van der Waals surface area contributed by atoms with Crippen LogP contribution < -0.4 is 10.6 Å². The Bertz CT molecular complexity index is 683. The molecule has 2 N–H and O–H groups in total. The van der Waals surface area contributed by atoms with E-state index >= 15 is 0 Å². The van der Waals surface area contributed by atoms with E-state index in [9.17, 15) is 0 Å². The van der Waals surface area contributed by atoms with Crippen LogP contribution in [0.3, 0.4) is 0 Å². The first-order valence-corrected chi connectivity index (χ1v) is 9.87. The SMILES string of the molecule is Cc1ccc(NC(=S)NCCCSCc2ccccc2C)c(C)c1. The molecule has 24 heavy (non-hydrogen) atoms. The lowest BCUT2D eigenvalue weighted by Gasteiger charge is -2.13. The van der Waals surface area contributed by atoms with Crippen molar-refractivity contribution in [1.29, 1.82) is 0 Å². The van der Waals surface area contributed by atoms with Gasteiger partial charge in [0, 0.05) is 18.0 Å². The van der Waals surface area contributed by atoms with Crippen molar-refractivity contribution in [2.24, 2.45) is 0 Å². The van der Waals surface area contributed by atoms with E-state index in [1.54, 1.807) is 0 Å². The molecule has 4 heteroatoms. The van der Waals surface area contributed by atoms with Gasteiger partial charge in [-0.15, -0.1) is 0 Å². The third-order valence-electron chi connectivity index (χ3n) is 3.90. The lowest BCUT2D eigenvalue weighted by molar-refractivity contribution is 0.854. The highest BCUT2D eigenvalue weighted by Crippen LogP contribution is 2.17. The molecule has 0 spiro atoms. The summed E-state index contributed by atoms with van der Waals surface area (Å²) >= 11 is 7.35. The topological polar surface area (TPSA) is 24.1 Å². The van der Waals surface area contributed by atoms with Crippen LogP contribution in [0.1, 0.15) is 28.7 Å². The van der Waals surface area contributed by atoms with Crippen molar-refractivity contribution in [3.63, 3.8) is 0 Å². The number of thiocarbonyl (C=S) groups is 1. The van der Waals surface area contributed by atoms with Crippen LogP contribution in [-0.2, 0) is 5.75 Å². The van der Waals surface area contributed by atoms with Gasteiger partial charge in [0.05, 0.1) is 0 Å². The van der Waals surface area contributed by atoms with Crippen molar-refractivity contribution in [2.45, 2.75) is 32.9 Å². The van der Waals surface area contributed by atoms with E-state index in [2.05, 4.69) is 73.9 Å². The summed E-state index contributed by atoms with van der Waals surface area (Å²) in [4.78, 5) is 0. The Hall–Kier alpha value is -1.52. The second kappa shape index (κ2) is 9.70. The zero-order valence-corrected chi connectivity index (χ0v) is 16.3. The first-order valence-electron chi connectivity index (χ1n) is 8.30. The third kappa shape index (κ3) is 6.17. The average Bonchev–Trinajstić information content (AvgIpc) is 2.55. The Balaban J connectivity index is 1.62. The highest BCUT2D eigenvalue weighted by molar-refractivity contribution is 7.98. The standard InChI is InChI=1S/C20H26N2S2/c1-15-9-10-19(17(3)13-15)22-20(23)21-11-6-12-24-14-18-8-5-4-7-16(18)2/h4-5,7-10,13H,6,11-12,14H2,1-3H3,(H2,21,22,23). The number of benzene rings is 2. The molecular weight excluding hydrogens is 332 g/mol. The van der Waals surface area contributed by atoms with Crippen LogP contribution in [0.5, 0.6) is 0 Å². The summed E-state index contributed by atoms with van der Waals surface area (Å²) in [6, 6.07) is 14.9. The Kier molecular flexibility index (Phi) is 7.60. The van der Waals surface area contributed by atoms with Crippen LogP contribution in [0.25, 0.3) is 0 Å². The fourth-order valence-electron chi connectivity index (χ4n) is 2.45. The summed E-state index contributed by atoms with van der Waals surface area (Å²) in [5.41, 5.74) is 6.37. The van der Waals surface area contributed by atoms with Crippen LogP contribution in [0, 0.1) is 20.8 Å². The Morgan fingerprint density at radius 3 is 2.58 bits per heavy atom. The molecule has 0 atom stereocenters. The fourth-order valence-corrected chi connectivity index (χ4v) is 3.70. The maximum atomic E-state index is 5.37. The first-order chi connectivity index (χ1) is 11.6. The van der Waals surface area contributed by atoms with Crippen molar-refractivity contribution in [3.8, 4) is 0 Å². The lowest BCUT2D eigenvalue weighted by Crippen LogP contribution is -2.29. The number of nitrogens with one attached hydrogen (secondary N) is 2. The molecule has 0 amide bonds. The molecule has 0 fully saturated rings. The van der Waals surface area contributed by atoms with Gasteiger partial charge >= 0.3 is 0 Å². The van der Waals surface area contributed by atoms with Gasteiger partial charge in [0.1, 0.15) is 0 Å². The number of anilines is 1. The van der Waals surface area contributed by atoms with Crippen LogP contribution in [-0.4, -0.2) is 17.4 Å². The molecule has 2 aromatic rings. The molecule has 2 nitrogen and oxygen atoms in total. The van der Waals surface area contributed by atoms with Crippen molar-refractivity contribution in [3.05, 3.63) is 64.7 Å². The second-order valence-electron chi connectivity index (χ2n) is 6.03. The van der Waals surface area contributed by atoms with Gasteiger partial charge in [0.2, 0.25) is 0 Å². The number of hydrogen-bond acceptors (Lipinski definition) is 2. The van der Waals surface area contributed by atoms with Gasteiger partial charge in [-0.25, -0.2) is 0 Å². The van der Waals surface area contributed by atoms with E-state index < -0.39 is 0 Å². The number of thioether (sulfide) groups is 1. The maximum absolute atomic E-state index is 5.37. The number of rotatable bonds is 7. The highest BCUT2D eigenvalue weighted by Gasteiger charge is 2.01. The van der Waals surface area contributed by atoms with Crippen LogP contribution in [0.2, 0.25) is 0 Å². The van der Waals surface area contributed by atoms with Gasteiger partial charge in [-0.05, 0) is 67.9 Å². The summed E-state index contributed by atoms with van der Waals surface area (Å²) < 4.78 is 0. The molecule has 0 unspecified atom stereocenters. The van der Waals surface area contributed by atoms with E-state index in [0.29, 0.717) is 5.11 Å². The third-order valence-corrected chi connectivity index (χ3v) is 5.24. The van der Waals surface area contributed by atoms with E-state index in [4.69, 9.17) is 12.2 Å². The second-order valence-corrected chi connectivity index (χ2v) is 7.55. The van der Waals surface area contributed by atoms with Gasteiger partial charge in [0.15, 0.2) is 5.11 Å². The Labute approximate surface area is 155 Å². The van der Waals surface area contributed by atoms with Gasteiger partial charge in [0.25, 0.3) is 0 Å². The van der Waals surface area contributed by atoms with Crippen LogP contribution in [0.4, 0.5) is 5.69 Å². The number of aryl methyl sites for hydroxylation is 3. The summed E-state index contributed by atoms with van der Waals surface area (Å²) in [5, 5.41) is 7.27. The highest BCUT2D eigenvalue weighted by atomic mass is 32.2. The lowest BCUT2D eigenvalue weighted by atomic mass is 10.1. The van der Waals surface area contributed by atoms with Gasteiger partial charge in [-0.1, -0.05) is 42.0 Å². The van der Waals surface area contributed by atoms with Crippen molar-refractivity contribution < 1.29 is 0 Å². The van der Waals surface area contributed by atoms with Crippen molar-refractivity contribution in [2.75, 3.05) is 17.6 Å². The molecule has 0 aromatic heterocycles. The minimum atomic E-state index is 0.700. The molecule has 0 aliphatic heterocycles. The zero-order valence-electron chi connectivity index (χ0n) is 14.7. The molecule has 0 radical (unpaired) electrons. The maximum Gasteiger partial charge on any atom is 0.170 e. The predicted molar refractivity (Wildman–Crippen MR) is 112 cm³/mol. The summed E-state index contributed by atoms with van der Waals surface area (Å²) in [5.74, 6) is 2.21. The first kappa shape index (κ1) is 18.8. The van der Waals surface area contributed by atoms with E-state index in [-0.39, 0.29) is 0 Å². The monoisotopic (exact) mass is 358 g/mol. The molecule has 0 aliphatic carbocycles. The van der Waals surface area contributed by atoms with E-state index in [1.165, 1.54) is 22.3 Å². The quantitative estimate of drug-likeness (QED) is 0.523. The van der Waals surface area contributed by atoms with Crippen LogP contribution in [0.15, 0.2) is 42.5 Å². The minimum Gasteiger partial charge on any atom is -0.362 e. The molecule has 2 aromatic carbocycles. The molecule has 0 saturated carbocycles. The Morgan fingerprint density at radius 1 is 1.04 bits per heavy atom. The summed E-state index contributed by atoms with van der Waals surface area (Å²) in [6.45, 7) is 7.27. The van der Waals surface area contributed by atoms with E-state index in [1.807, 2.05) is 11.8 Å².